The molecule has 16 heavy (non-hydrogen) atoms. The first-order valence-electron chi connectivity index (χ1n) is 6.11. The molecule has 0 aromatic carbocycles. The largest absolute Gasteiger partial charge is 0.359 e. The van der Waals surface area contributed by atoms with Gasteiger partial charge in [0.05, 0.1) is 0 Å². The van der Waals surface area contributed by atoms with Gasteiger partial charge in [-0.15, -0.1) is 10.2 Å². The van der Waals surface area contributed by atoms with Crippen LogP contribution in [0.2, 0.25) is 0 Å². The Kier molecular flexibility index (Phi) is 4.54. The SMILES string of the molecule is Cc1nnc(NCCN2CCCCCC2)s1. The molecule has 0 spiro atoms. The van der Waals surface area contributed by atoms with E-state index in [1.165, 1.54) is 38.8 Å². The van der Waals surface area contributed by atoms with E-state index in [1.54, 1.807) is 11.3 Å². The average molecular weight is 240 g/mol. The number of hydrogen-bond donors (Lipinski definition) is 1. The molecule has 2 rings (SSSR count). The standard InChI is InChI=1S/C11H20N4S/c1-10-13-14-11(16-10)12-6-9-15-7-4-2-3-5-8-15/h2-9H2,1H3,(H,12,14). The van der Waals surface area contributed by atoms with Gasteiger partial charge in [0.1, 0.15) is 5.01 Å². The molecule has 2 heterocycles. The highest BCUT2D eigenvalue weighted by Crippen LogP contribution is 2.13. The third kappa shape index (κ3) is 3.72. The van der Waals surface area contributed by atoms with Gasteiger partial charge in [-0.05, 0) is 32.9 Å². The van der Waals surface area contributed by atoms with Crippen molar-refractivity contribution < 1.29 is 0 Å². The van der Waals surface area contributed by atoms with Crippen molar-refractivity contribution in [1.82, 2.24) is 15.1 Å². The van der Waals surface area contributed by atoms with E-state index in [0.717, 1.165) is 23.2 Å². The molecule has 0 amide bonds. The first kappa shape index (κ1) is 11.8. The fourth-order valence-corrected chi connectivity index (χ4v) is 2.67. The average Bonchev–Trinajstić information content (AvgIpc) is 2.54. The second kappa shape index (κ2) is 6.15. The van der Waals surface area contributed by atoms with Gasteiger partial charge in [0.15, 0.2) is 0 Å². The van der Waals surface area contributed by atoms with Crippen LogP contribution in [-0.4, -0.2) is 41.3 Å². The van der Waals surface area contributed by atoms with Gasteiger partial charge in [0, 0.05) is 13.1 Å². The molecule has 1 aromatic heterocycles. The Morgan fingerprint density at radius 1 is 1.19 bits per heavy atom. The lowest BCUT2D eigenvalue weighted by molar-refractivity contribution is 0.296. The van der Waals surface area contributed by atoms with Gasteiger partial charge in [0.2, 0.25) is 5.13 Å². The minimum absolute atomic E-state index is 0.951. The molecule has 1 aromatic rings. The Labute approximate surface area is 101 Å². The topological polar surface area (TPSA) is 41.1 Å². The van der Waals surface area contributed by atoms with E-state index in [9.17, 15) is 0 Å². The highest BCUT2D eigenvalue weighted by Gasteiger charge is 2.08. The van der Waals surface area contributed by atoms with Crippen LogP contribution in [0.4, 0.5) is 5.13 Å². The zero-order chi connectivity index (χ0) is 11.2. The van der Waals surface area contributed by atoms with E-state index >= 15 is 0 Å². The third-order valence-corrected chi connectivity index (χ3v) is 3.73. The van der Waals surface area contributed by atoms with Crippen LogP contribution >= 0.6 is 11.3 Å². The number of rotatable bonds is 4. The van der Waals surface area contributed by atoms with Crippen molar-refractivity contribution in [1.29, 1.82) is 0 Å². The van der Waals surface area contributed by atoms with Crippen molar-refractivity contribution in [2.75, 3.05) is 31.5 Å². The Bertz CT molecular complexity index is 305. The molecule has 0 unspecified atom stereocenters. The van der Waals surface area contributed by atoms with Gasteiger partial charge in [0.25, 0.3) is 0 Å². The summed E-state index contributed by atoms with van der Waals surface area (Å²) in [4.78, 5) is 2.55. The number of hydrogen-bond acceptors (Lipinski definition) is 5. The fraction of sp³-hybridized carbons (Fsp3) is 0.818. The summed E-state index contributed by atoms with van der Waals surface area (Å²) in [6.07, 6.45) is 5.52. The summed E-state index contributed by atoms with van der Waals surface area (Å²) < 4.78 is 0. The molecule has 1 aliphatic heterocycles. The van der Waals surface area contributed by atoms with Crippen molar-refractivity contribution in [2.45, 2.75) is 32.6 Å². The van der Waals surface area contributed by atoms with Crippen LogP contribution in [0.5, 0.6) is 0 Å². The fourth-order valence-electron chi connectivity index (χ4n) is 2.05. The van der Waals surface area contributed by atoms with Crippen LogP contribution in [0.1, 0.15) is 30.7 Å². The van der Waals surface area contributed by atoms with E-state index in [1.807, 2.05) is 6.92 Å². The second-order valence-electron chi connectivity index (χ2n) is 4.31. The molecular formula is C11H20N4S. The molecule has 5 heteroatoms. The van der Waals surface area contributed by atoms with Crippen LogP contribution in [0.15, 0.2) is 0 Å². The third-order valence-electron chi connectivity index (χ3n) is 2.93. The maximum atomic E-state index is 4.06. The van der Waals surface area contributed by atoms with Crippen molar-refractivity contribution in [3.8, 4) is 0 Å². The molecular weight excluding hydrogens is 220 g/mol. The van der Waals surface area contributed by atoms with Crippen LogP contribution in [0, 0.1) is 6.92 Å². The normalized spacial score (nSPS) is 18.3. The minimum atomic E-state index is 0.951. The lowest BCUT2D eigenvalue weighted by Crippen LogP contribution is -2.29. The van der Waals surface area contributed by atoms with Gasteiger partial charge in [-0.1, -0.05) is 24.2 Å². The highest BCUT2D eigenvalue weighted by atomic mass is 32.1. The molecule has 90 valence electrons. The van der Waals surface area contributed by atoms with Crippen LogP contribution < -0.4 is 5.32 Å². The Morgan fingerprint density at radius 2 is 1.94 bits per heavy atom. The Morgan fingerprint density at radius 3 is 2.56 bits per heavy atom. The van der Waals surface area contributed by atoms with Crippen molar-refractivity contribution in [3.05, 3.63) is 5.01 Å². The van der Waals surface area contributed by atoms with Crippen molar-refractivity contribution in [2.24, 2.45) is 0 Å². The zero-order valence-electron chi connectivity index (χ0n) is 9.91. The zero-order valence-corrected chi connectivity index (χ0v) is 10.7. The molecule has 0 saturated carbocycles. The molecule has 1 N–H and O–H groups in total. The van der Waals surface area contributed by atoms with Crippen molar-refractivity contribution in [3.63, 3.8) is 0 Å². The molecule has 0 radical (unpaired) electrons. The van der Waals surface area contributed by atoms with Crippen LogP contribution in [-0.2, 0) is 0 Å². The smallest absolute Gasteiger partial charge is 0.205 e. The number of nitrogens with zero attached hydrogens (tertiary/aromatic N) is 3. The van der Waals surface area contributed by atoms with Gasteiger partial charge >= 0.3 is 0 Å². The molecule has 4 nitrogen and oxygen atoms in total. The maximum Gasteiger partial charge on any atom is 0.205 e. The summed E-state index contributed by atoms with van der Waals surface area (Å²) >= 11 is 1.63. The van der Waals surface area contributed by atoms with E-state index < -0.39 is 0 Å². The molecule has 0 aliphatic carbocycles. The Balaban J connectivity index is 1.67. The summed E-state index contributed by atoms with van der Waals surface area (Å²) in [5.74, 6) is 0. The van der Waals surface area contributed by atoms with E-state index in [0.29, 0.717) is 0 Å². The number of aryl methyl sites for hydroxylation is 1. The number of nitrogens with one attached hydrogen (secondary N) is 1. The van der Waals surface area contributed by atoms with Gasteiger partial charge in [-0.2, -0.15) is 0 Å². The van der Waals surface area contributed by atoms with E-state index in [2.05, 4.69) is 20.4 Å². The van der Waals surface area contributed by atoms with Crippen LogP contribution in [0.3, 0.4) is 0 Å². The summed E-state index contributed by atoms with van der Waals surface area (Å²) in [5.41, 5.74) is 0. The molecule has 1 fully saturated rings. The predicted octanol–water partition coefficient (Wildman–Crippen LogP) is 2.13. The molecule has 0 bridgehead atoms. The predicted molar refractivity (Wildman–Crippen MR) is 68.0 cm³/mol. The summed E-state index contributed by atoms with van der Waals surface area (Å²) in [6, 6.07) is 0. The van der Waals surface area contributed by atoms with Gasteiger partial charge in [-0.25, -0.2) is 0 Å². The summed E-state index contributed by atoms with van der Waals surface area (Å²) in [7, 11) is 0. The number of aromatic nitrogens is 2. The second-order valence-corrected chi connectivity index (χ2v) is 5.49. The minimum Gasteiger partial charge on any atom is -0.359 e. The first-order chi connectivity index (χ1) is 7.84. The molecule has 1 saturated heterocycles. The van der Waals surface area contributed by atoms with E-state index in [-0.39, 0.29) is 0 Å². The number of anilines is 1. The maximum absolute atomic E-state index is 4.06. The monoisotopic (exact) mass is 240 g/mol. The first-order valence-corrected chi connectivity index (χ1v) is 6.92. The lowest BCUT2D eigenvalue weighted by atomic mass is 10.2. The quantitative estimate of drug-likeness (QED) is 0.875. The highest BCUT2D eigenvalue weighted by molar-refractivity contribution is 7.15. The van der Waals surface area contributed by atoms with Gasteiger partial charge < -0.3 is 10.2 Å². The molecule has 0 atom stereocenters. The summed E-state index contributed by atoms with van der Waals surface area (Å²) in [6.45, 7) is 6.61. The molecule has 1 aliphatic rings. The Hall–Kier alpha value is -0.680. The van der Waals surface area contributed by atoms with Gasteiger partial charge in [-0.3, -0.25) is 0 Å². The van der Waals surface area contributed by atoms with E-state index in [4.69, 9.17) is 0 Å². The lowest BCUT2D eigenvalue weighted by Gasteiger charge is -2.19. The number of likely N-dealkylation sites (tertiary alicyclic amines) is 1. The van der Waals surface area contributed by atoms with Crippen molar-refractivity contribution >= 4 is 16.5 Å². The summed E-state index contributed by atoms with van der Waals surface area (Å²) in [5, 5.41) is 13.4. The van der Waals surface area contributed by atoms with Crippen LogP contribution in [0.25, 0.3) is 0 Å².